The van der Waals surface area contributed by atoms with Crippen LogP contribution >= 0.6 is 0 Å². The minimum absolute atomic E-state index is 0.0261. The van der Waals surface area contributed by atoms with Crippen molar-refractivity contribution >= 4 is 22.7 Å². The number of rotatable bonds is 5. The highest BCUT2D eigenvalue weighted by Crippen LogP contribution is 2.48. The number of hydrogen-bond acceptors (Lipinski definition) is 2. The molecule has 1 N–H and O–H groups in total. The van der Waals surface area contributed by atoms with E-state index >= 15 is 0 Å². The molecular formula is C27H31N3O2. The SMILES string of the molecule is CCCCN1CC(=O)N2C[C@@H](c3ccc(CC)cc3)c3c([nH]c4ccccc34)[C@@]2(C)C1=O. The summed E-state index contributed by atoms with van der Waals surface area (Å²) in [6.07, 6.45) is 2.89. The summed E-state index contributed by atoms with van der Waals surface area (Å²) in [4.78, 5) is 34.3. The number of carbonyl (C=O) groups is 2. The standard InChI is InChI=1S/C27H31N3O2/c1-4-6-15-29-17-23(31)30-16-21(19-13-11-18(5-2)12-14-19)24-20-9-7-8-10-22(20)28-25(24)27(30,3)26(29)32/h7-14,21,28H,4-6,15-17H2,1-3H3/t21-,27-/m0/s1. The maximum absolute atomic E-state index is 13.8. The molecular weight excluding hydrogens is 398 g/mol. The van der Waals surface area contributed by atoms with E-state index in [4.69, 9.17) is 0 Å². The Kier molecular flexibility index (Phi) is 5.07. The molecule has 5 heteroatoms. The number of aromatic nitrogens is 1. The van der Waals surface area contributed by atoms with Crippen molar-refractivity contribution < 1.29 is 9.59 Å². The Morgan fingerprint density at radius 3 is 2.53 bits per heavy atom. The number of aromatic amines is 1. The molecule has 2 aliphatic rings. The Morgan fingerprint density at radius 1 is 1.06 bits per heavy atom. The van der Waals surface area contributed by atoms with Crippen LogP contribution in [-0.4, -0.2) is 46.2 Å². The molecule has 2 atom stereocenters. The Bertz CT molecular complexity index is 1180. The van der Waals surface area contributed by atoms with E-state index in [0.29, 0.717) is 13.1 Å². The minimum atomic E-state index is -1.00. The van der Waals surface area contributed by atoms with Gasteiger partial charge >= 0.3 is 0 Å². The normalized spacial score (nSPS) is 22.9. The van der Waals surface area contributed by atoms with Crippen LogP contribution in [0.15, 0.2) is 48.5 Å². The van der Waals surface area contributed by atoms with E-state index in [-0.39, 0.29) is 24.3 Å². The molecule has 3 aromatic rings. The van der Waals surface area contributed by atoms with Gasteiger partial charge in [0.05, 0.1) is 12.2 Å². The number of H-pyrrole nitrogens is 1. The number of piperazine rings is 1. The van der Waals surface area contributed by atoms with Crippen LogP contribution in [-0.2, 0) is 21.5 Å². The first-order valence-corrected chi connectivity index (χ1v) is 11.8. The lowest BCUT2D eigenvalue weighted by Crippen LogP contribution is -2.67. The summed E-state index contributed by atoms with van der Waals surface area (Å²) in [5.74, 6) is 0.0832. The number of benzene rings is 2. The summed E-state index contributed by atoms with van der Waals surface area (Å²) in [5.41, 5.74) is 4.52. The molecule has 0 unspecified atom stereocenters. The van der Waals surface area contributed by atoms with E-state index in [1.54, 1.807) is 4.90 Å². The van der Waals surface area contributed by atoms with Gasteiger partial charge in [0.25, 0.3) is 5.91 Å². The summed E-state index contributed by atoms with van der Waals surface area (Å²) in [6, 6.07) is 17.0. The molecule has 1 fully saturated rings. The van der Waals surface area contributed by atoms with Crippen LogP contribution < -0.4 is 0 Å². The second-order valence-electron chi connectivity index (χ2n) is 9.26. The molecule has 0 saturated carbocycles. The molecule has 2 amide bonds. The average Bonchev–Trinajstić information content (AvgIpc) is 3.21. The second kappa shape index (κ2) is 7.80. The molecule has 0 radical (unpaired) electrons. The predicted molar refractivity (Wildman–Crippen MR) is 127 cm³/mol. The molecule has 0 aliphatic carbocycles. The minimum Gasteiger partial charge on any atom is -0.356 e. The van der Waals surface area contributed by atoms with Crippen LogP contribution in [0.3, 0.4) is 0 Å². The fraction of sp³-hybridized carbons (Fsp3) is 0.407. The molecule has 0 spiro atoms. The monoisotopic (exact) mass is 429 g/mol. The first-order valence-electron chi connectivity index (χ1n) is 11.8. The van der Waals surface area contributed by atoms with Gasteiger partial charge in [-0.15, -0.1) is 0 Å². The van der Waals surface area contributed by atoms with E-state index in [1.165, 1.54) is 11.1 Å². The van der Waals surface area contributed by atoms with E-state index in [0.717, 1.165) is 41.4 Å². The lowest BCUT2D eigenvalue weighted by atomic mass is 9.76. The largest absolute Gasteiger partial charge is 0.356 e. The zero-order valence-corrected chi connectivity index (χ0v) is 19.1. The lowest BCUT2D eigenvalue weighted by molar-refractivity contribution is -0.166. The van der Waals surface area contributed by atoms with Crippen LogP contribution in [0, 0.1) is 0 Å². The number of aryl methyl sites for hydroxylation is 1. The van der Waals surface area contributed by atoms with Crippen LogP contribution in [0.25, 0.3) is 10.9 Å². The van der Waals surface area contributed by atoms with Gasteiger partial charge in [-0.25, -0.2) is 0 Å². The van der Waals surface area contributed by atoms with Crippen molar-refractivity contribution in [3.8, 4) is 0 Å². The van der Waals surface area contributed by atoms with Gasteiger partial charge in [-0.05, 0) is 42.5 Å². The quantitative estimate of drug-likeness (QED) is 0.646. The van der Waals surface area contributed by atoms with Crippen molar-refractivity contribution in [2.24, 2.45) is 0 Å². The highest BCUT2D eigenvalue weighted by Gasteiger charge is 2.56. The number of nitrogens with zero attached hydrogens (tertiary/aromatic N) is 2. The van der Waals surface area contributed by atoms with Gasteiger partial charge in [0, 0.05) is 29.9 Å². The Labute approximate surface area is 189 Å². The summed E-state index contributed by atoms with van der Waals surface area (Å²) in [5, 5.41) is 1.14. The molecule has 5 nitrogen and oxygen atoms in total. The molecule has 2 aliphatic heterocycles. The fourth-order valence-corrected chi connectivity index (χ4v) is 5.49. The van der Waals surface area contributed by atoms with E-state index in [2.05, 4.69) is 55.2 Å². The lowest BCUT2D eigenvalue weighted by Gasteiger charge is -2.51. The van der Waals surface area contributed by atoms with Gasteiger partial charge < -0.3 is 14.8 Å². The van der Waals surface area contributed by atoms with Crippen LogP contribution in [0.1, 0.15) is 61.9 Å². The van der Waals surface area contributed by atoms with Gasteiger partial charge in [-0.2, -0.15) is 0 Å². The fourth-order valence-electron chi connectivity index (χ4n) is 5.49. The third kappa shape index (κ3) is 2.98. The molecule has 1 aromatic heterocycles. The van der Waals surface area contributed by atoms with E-state index in [1.807, 2.05) is 24.0 Å². The van der Waals surface area contributed by atoms with Crippen LogP contribution in [0.4, 0.5) is 0 Å². The summed E-state index contributed by atoms with van der Waals surface area (Å²) >= 11 is 0. The first kappa shape index (κ1) is 20.8. The van der Waals surface area contributed by atoms with Crippen LogP contribution in [0.2, 0.25) is 0 Å². The number of nitrogens with one attached hydrogen (secondary N) is 1. The Hall–Kier alpha value is -3.08. The van der Waals surface area contributed by atoms with E-state index < -0.39 is 5.54 Å². The number of fused-ring (bicyclic) bond motifs is 5. The third-order valence-corrected chi connectivity index (χ3v) is 7.39. The van der Waals surface area contributed by atoms with Gasteiger partial charge in [0.1, 0.15) is 0 Å². The highest BCUT2D eigenvalue weighted by atomic mass is 16.2. The molecule has 5 rings (SSSR count). The smallest absolute Gasteiger partial charge is 0.254 e. The van der Waals surface area contributed by atoms with Gasteiger partial charge in [-0.1, -0.05) is 62.7 Å². The molecule has 1 saturated heterocycles. The highest BCUT2D eigenvalue weighted by molar-refractivity contribution is 6.01. The number of amides is 2. The molecule has 166 valence electrons. The van der Waals surface area contributed by atoms with Crippen molar-refractivity contribution in [1.82, 2.24) is 14.8 Å². The number of unbranched alkanes of at least 4 members (excludes halogenated alkanes) is 1. The predicted octanol–water partition coefficient (Wildman–Crippen LogP) is 4.56. The van der Waals surface area contributed by atoms with Crippen molar-refractivity contribution in [3.05, 3.63) is 70.9 Å². The number of hydrogen-bond donors (Lipinski definition) is 1. The maximum Gasteiger partial charge on any atom is 0.254 e. The molecule has 32 heavy (non-hydrogen) atoms. The zero-order valence-electron chi connectivity index (χ0n) is 19.1. The molecule has 2 aromatic carbocycles. The third-order valence-electron chi connectivity index (χ3n) is 7.39. The topological polar surface area (TPSA) is 56.4 Å². The van der Waals surface area contributed by atoms with Gasteiger partial charge in [-0.3, -0.25) is 9.59 Å². The Morgan fingerprint density at radius 2 is 1.81 bits per heavy atom. The average molecular weight is 430 g/mol. The maximum atomic E-state index is 13.8. The second-order valence-corrected chi connectivity index (χ2v) is 9.26. The van der Waals surface area contributed by atoms with Crippen LogP contribution in [0.5, 0.6) is 0 Å². The molecule has 0 bridgehead atoms. The molecule has 3 heterocycles. The summed E-state index contributed by atoms with van der Waals surface area (Å²) in [7, 11) is 0. The first-order chi connectivity index (χ1) is 15.5. The van der Waals surface area contributed by atoms with Crippen molar-refractivity contribution in [3.63, 3.8) is 0 Å². The van der Waals surface area contributed by atoms with E-state index in [9.17, 15) is 9.59 Å². The number of carbonyl (C=O) groups excluding carboxylic acids is 2. The Balaban J connectivity index is 1.70. The number of para-hydroxylation sites is 1. The zero-order chi connectivity index (χ0) is 22.5. The van der Waals surface area contributed by atoms with Crippen molar-refractivity contribution in [2.75, 3.05) is 19.6 Å². The van der Waals surface area contributed by atoms with Gasteiger partial charge in [0.2, 0.25) is 5.91 Å². The summed E-state index contributed by atoms with van der Waals surface area (Å²) in [6.45, 7) is 7.50. The summed E-state index contributed by atoms with van der Waals surface area (Å²) < 4.78 is 0. The van der Waals surface area contributed by atoms with Crippen molar-refractivity contribution in [1.29, 1.82) is 0 Å². The van der Waals surface area contributed by atoms with Gasteiger partial charge in [0.15, 0.2) is 5.54 Å². The van der Waals surface area contributed by atoms with Crippen molar-refractivity contribution in [2.45, 2.75) is 51.5 Å².